The van der Waals surface area contributed by atoms with Gasteiger partial charge in [0.2, 0.25) is 0 Å². The fourth-order valence-corrected chi connectivity index (χ4v) is 1.92. The lowest BCUT2D eigenvalue weighted by Crippen LogP contribution is -2.44. The lowest BCUT2D eigenvalue weighted by molar-refractivity contribution is 0.309. The second-order valence-electron chi connectivity index (χ2n) is 4.49. The average molecular weight is 235 g/mol. The van der Waals surface area contributed by atoms with Crippen molar-refractivity contribution in [2.45, 2.75) is 13.3 Å². The van der Waals surface area contributed by atoms with Gasteiger partial charge < -0.3 is 14.5 Å². The van der Waals surface area contributed by atoms with Crippen molar-refractivity contribution >= 4 is 5.82 Å². The summed E-state index contributed by atoms with van der Waals surface area (Å²) in [5, 5.41) is 0. The molecule has 2 rings (SSSR count). The van der Waals surface area contributed by atoms with Crippen LogP contribution in [0.4, 0.5) is 5.82 Å². The molecule has 4 heteroatoms. The van der Waals surface area contributed by atoms with Crippen molar-refractivity contribution < 1.29 is 4.74 Å². The first kappa shape index (κ1) is 12.2. The number of aromatic nitrogens is 1. The molecule has 0 saturated carbocycles. The van der Waals surface area contributed by atoms with E-state index in [1.54, 1.807) is 0 Å². The number of pyridine rings is 1. The molecule has 94 valence electrons. The molecule has 0 amide bonds. The van der Waals surface area contributed by atoms with Gasteiger partial charge in [0.15, 0.2) is 0 Å². The number of nitrogens with zero attached hydrogens (tertiary/aromatic N) is 3. The molecule has 0 aromatic carbocycles. The summed E-state index contributed by atoms with van der Waals surface area (Å²) in [7, 11) is 2.16. The van der Waals surface area contributed by atoms with Crippen LogP contribution in [0, 0.1) is 0 Å². The van der Waals surface area contributed by atoms with Crippen molar-refractivity contribution in [2.24, 2.45) is 0 Å². The Morgan fingerprint density at radius 2 is 2.06 bits per heavy atom. The predicted octanol–water partition coefficient (Wildman–Crippen LogP) is 1.62. The first-order valence-electron chi connectivity index (χ1n) is 6.32. The maximum absolute atomic E-state index is 5.63. The minimum Gasteiger partial charge on any atom is -0.493 e. The molecule has 4 nitrogen and oxygen atoms in total. The lowest BCUT2D eigenvalue weighted by Gasteiger charge is -2.33. The van der Waals surface area contributed by atoms with Crippen molar-refractivity contribution in [3.8, 4) is 5.75 Å². The zero-order valence-corrected chi connectivity index (χ0v) is 10.7. The molecule has 0 atom stereocenters. The molecule has 1 aliphatic rings. The van der Waals surface area contributed by atoms with E-state index >= 15 is 0 Å². The number of hydrogen-bond donors (Lipinski definition) is 0. The van der Waals surface area contributed by atoms with Gasteiger partial charge in [-0.15, -0.1) is 0 Å². The standard InChI is InChI=1S/C13H21N3O/c1-3-10-17-12-4-5-14-13(11-12)16-8-6-15(2)7-9-16/h4-5,11H,3,6-10H2,1-2H3. The first-order valence-corrected chi connectivity index (χ1v) is 6.32. The Morgan fingerprint density at radius 3 is 2.76 bits per heavy atom. The Hall–Kier alpha value is -1.29. The fourth-order valence-electron chi connectivity index (χ4n) is 1.92. The third-order valence-corrected chi connectivity index (χ3v) is 3.02. The van der Waals surface area contributed by atoms with E-state index < -0.39 is 0 Å². The van der Waals surface area contributed by atoms with E-state index in [0.717, 1.165) is 50.8 Å². The molecule has 17 heavy (non-hydrogen) atoms. The average Bonchev–Trinajstić information content (AvgIpc) is 2.37. The van der Waals surface area contributed by atoms with Crippen LogP contribution in [0.2, 0.25) is 0 Å². The summed E-state index contributed by atoms with van der Waals surface area (Å²) in [6.45, 7) is 7.17. The van der Waals surface area contributed by atoms with E-state index in [1.807, 2.05) is 18.3 Å². The van der Waals surface area contributed by atoms with Crippen LogP contribution in [0.1, 0.15) is 13.3 Å². The van der Waals surface area contributed by atoms with Crippen molar-refractivity contribution in [3.63, 3.8) is 0 Å². The summed E-state index contributed by atoms with van der Waals surface area (Å²) in [6, 6.07) is 3.97. The Balaban J connectivity index is 2.00. The van der Waals surface area contributed by atoms with Crippen LogP contribution in [-0.2, 0) is 0 Å². The smallest absolute Gasteiger partial charge is 0.132 e. The normalized spacial score (nSPS) is 17.2. The minimum absolute atomic E-state index is 0.770. The van der Waals surface area contributed by atoms with Gasteiger partial charge in [0.1, 0.15) is 11.6 Å². The van der Waals surface area contributed by atoms with Crippen molar-refractivity contribution in [1.29, 1.82) is 0 Å². The SMILES string of the molecule is CCCOc1ccnc(N2CCN(C)CC2)c1. The highest BCUT2D eigenvalue weighted by Gasteiger charge is 2.15. The molecule has 1 aromatic rings. The summed E-state index contributed by atoms with van der Waals surface area (Å²) in [5.41, 5.74) is 0. The second-order valence-corrected chi connectivity index (χ2v) is 4.49. The van der Waals surface area contributed by atoms with E-state index in [0.29, 0.717) is 0 Å². The topological polar surface area (TPSA) is 28.6 Å². The molecular weight excluding hydrogens is 214 g/mol. The van der Waals surface area contributed by atoms with Gasteiger partial charge in [-0.1, -0.05) is 6.92 Å². The molecule has 1 fully saturated rings. The van der Waals surface area contributed by atoms with Crippen LogP contribution in [-0.4, -0.2) is 49.7 Å². The molecule has 1 saturated heterocycles. The molecule has 0 unspecified atom stereocenters. The number of hydrogen-bond acceptors (Lipinski definition) is 4. The first-order chi connectivity index (χ1) is 8.29. The highest BCUT2D eigenvalue weighted by atomic mass is 16.5. The van der Waals surface area contributed by atoms with E-state index in [4.69, 9.17) is 4.74 Å². The summed E-state index contributed by atoms with van der Waals surface area (Å²) < 4.78 is 5.63. The monoisotopic (exact) mass is 235 g/mol. The largest absolute Gasteiger partial charge is 0.493 e. The zero-order valence-electron chi connectivity index (χ0n) is 10.7. The predicted molar refractivity (Wildman–Crippen MR) is 69.7 cm³/mol. The summed E-state index contributed by atoms with van der Waals surface area (Å²) in [6.07, 6.45) is 2.87. The van der Waals surface area contributed by atoms with Crippen LogP contribution in [0.25, 0.3) is 0 Å². The van der Waals surface area contributed by atoms with E-state index in [1.165, 1.54) is 0 Å². The number of rotatable bonds is 4. The van der Waals surface area contributed by atoms with Crippen LogP contribution in [0.5, 0.6) is 5.75 Å². The Kier molecular flexibility index (Phi) is 4.20. The van der Waals surface area contributed by atoms with Crippen molar-refractivity contribution in [2.75, 3.05) is 44.7 Å². The molecule has 0 aliphatic carbocycles. The Bertz CT molecular complexity index is 348. The van der Waals surface area contributed by atoms with Gasteiger partial charge in [-0.3, -0.25) is 0 Å². The minimum atomic E-state index is 0.770. The number of anilines is 1. The van der Waals surface area contributed by atoms with Crippen molar-refractivity contribution in [3.05, 3.63) is 18.3 Å². The third-order valence-electron chi connectivity index (χ3n) is 3.02. The molecule has 1 aromatic heterocycles. The quantitative estimate of drug-likeness (QED) is 0.793. The summed E-state index contributed by atoms with van der Waals surface area (Å²) in [4.78, 5) is 9.08. The van der Waals surface area contributed by atoms with Gasteiger partial charge in [-0.05, 0) is 19.5 Å². The molecule has 0 spiro atoms. The van der Waals surface area contributed by atoms with Crippen LogP contribution in [0.15, 0.2) is 18.3 Å². The molecule has 0 bridgehead atoms. The van der Waals surface area contributed by atoms with Gasteiger partial charge in [0.25, 0.3) is 0 Å². The maximum atomic E-state index is 5.63. The van der Waals surface area contributed by atoms with Crippen LogP contribution < -0.4 is 9.64 Å². The van der Waals surface area contributed by atoms with Gasteiger partial charge in [0, 0.05) is 38.4 Å². The lowest BCUT2D eigenvalue weighted by atomic mass is 10.3. The van der Waals surface area contributed by atoms with E-state index in [-0.39, 0.29) is 0 Å². The van der Waals surface area contributed by atoms with Crippen LogP contribution >= 0.6 is 0 Å². The van der Waals surface area contributed by atoms with Gasteiger partial charge in [-0.25, -0.2) is 4.98 Å². The van der Waals surface area contributed by atoms with E-state index in [2.05, 4.69) is 28.8 Å². The van der Waals surface area contributed by atoms with Crippen LogP contribution in [0.3, 0.4) is 0 Å². The van der Waals surface area contributed by atoms with Crippen molar-refractivity contribution in [1.82, 2.24) is 9.88 Å². The molecule has 2 heterocycles. The number of ether oxygens (including phenoxy) is 1. The maximum Gasteiger partial charge on any atom is 0.132 e. The van der Waals surface area contributed by atoms with Gasteiger partial charge in [0.05, 0.1) is 6.61 Å². The number of piperazine rings is 1. The summed E-state index contributed by atoms with van der Waals surface area (Å²) in [5.74, 6) is 1.96. The van der Waals surface area contributed by atoms with E-state index in [9.17, 15) is 0 Å². The third kappa shape index (κ3) is 3.33. The molecule has 0 N–H and O–H groups in total. The second kappa shape index (κ2) is 5.87. The number of likely N-dealkylation sites (N-methyl/N-ethyl adjacent to an activating group) is 1. The Labute approximate surface area is 103 Å². The Morgan fingerprint density at radius 1 is 1.29 bits per heavy atom. The zero-order chi connectivity index (χ0) is 12.1. The highest BCUT2D eigenvalue weighted by molar-refractivity contribution is 5.44. The van der Waals surface area contributed by atoms with Gasteiger partial charge >= 0.3 is 0 Å². The molecule has 1 aliphatic heterocycles. The summed E-state index contributed by atoms with van der Waals surface area (Å²) >= 11 is 0. The molecular formula is C13H21N3O. The fraction of sp³-hybridized carbons (Fsp3) is 0.615. The highest BCUT2D eigenvalue weighted by Crippen LogP contribution is 2.19. The van der Waals surface area contributed by atoms with Gasteiger partial charge in [-0.2, -0.15) is 0 Å². The molecule has 0 radical (unpaired) electrons.